The monoisotopic (exact) mass is 299 g/mol. The molecule has 0 radical (unpaired) electrons. The van der Waals surface area contributed by atoms with Crippen LogP contribution in [0, 0.1) is 0 Å². The van der Waals surface area contributed by atoms with Gasteiger partial charge in [0.1, 0.15) is 17.4 Å². The van der Waals surface area contributed by atoms with Gasteiger partial charge < -0.3 is 9.84 Å². The molecule has 3 aromatic rings. The van der Waals surface area contributed by atoms with Gasteiger partial charge >= 0.3 is 0 Å². The van der Waals surface area contributed by atoms with Crippen LogP contribution in [-0.2, 0) is 13.2 Å². The third-order valence-electron chi connectivity index (χ3n) is 3.23. The smallest absolute Gasteiger partial charge is 0.149 e. The zero-order valence-corrected chi connectivity index (χ0v) is 12.0. The van der Waals surface area contributed by atoms with E-state index in [2.05, 4.69) is 4.98 Å². The van der Waals surface area contributed by atoms with E-state index in [0.29, 0.717) is 23.1 Å². The lowest BCUT2D eigenvalue weighted by Gasteiger charge is -2.13. The second-order valence-electron chi connectivity index (χ2n) is 4.65. The molecule has 3 rings (SSSR count). The van der Waals surface area contributed by atoms with Crippen molar-refractivity contribution in [3.8, 4) is 5.75 Å². The summed E-state index contributed by atoms with van der Waals surface area (Å²) in [5.74, 6) is 0.565. The highest BCUT2D eigenvalue weighted by Gasteiger charge is 2.14. The standard InChI is InChI=1S/C17H14ClNO2/c18-16-15(10-20)19-14-9-5-4-8-13(14)17(16)21-11-12-6-2-1-3-7-12/h1-9,20H,10-11H2. The predicted molar refractivity (Wildman–Crippen MR) is 83.4 cm³/mol. The zero-order valence-electron chi connectivity index (χ0n) is 11.3. The Bertz CT molecular complexity index is 759. The molecular weight excluding hydrogens is 286 g/mol. The highest BCUT2D eigenvalue weighted by Crippen LogP contribution is 2.35. The number of ether oxygens (including phenoxy) is 1. The Morgan fingerprint density at radius 3 is 2.48 bits per heavy atom. The van der Waals surface area contributed by atoms with Crippen LogP contribution in [0.3, 0.4) is 0 Å². The van der Waals surface area contributed by atoms with Crippen molar-refractivity contribution < 1.29 is 9.84 Å². The summed E-state index contributed by atoms with van der Waals surface area (Å²) in [6.45, 7) is 0.199. The van der Waals surface area contributed by atoms with Crippen molar-refractivity contribution in [3.63, 3.8) is 0 Å². The first kappa shape index (κ1) is 13.9. The van der Waals surface area contributed by atoms with E-state index in [0.717, 1.165) is 16.5 Å². The summed E-state index contributed by atoms with van der Waals surface area (Å²) < 4.78 is 5.90. The second-order valence-corrected chi connectivity index (χ2v) is 5.03. The molecule has 3 nitrogen and oxygen atoms in total. The number of fused-ring (bicyclic) bond motifs is 1. The van der Waals surface area contributed by atoms with Gasteiger partial charge in [-0.15, -0.1) is 0 Å². The summed E-state index contributed by atoms with van der Waals surface area (Å²) in [4.78, 5) is 4.35. The Morgan fingerprint density at radius 2 is 1.71 bits per heavy atom. The number of hydrogen-bond donors (Lipinski definition) is 1. The number of halogens is 1. The summed E-state index contributed by atoms with van der Waals surface area (Å²) in [7, 11) is 0. The van der Waals surface area contributed by atoms with E-state index in [9.17, 15) is 5.11 Å². The van der Waals surface area contributed by atoms with Crippen molar-refractivity contribution in [1.29, 1.82) is 0 Å². The maximum absolute atomic E-state index is 9.39. The molecule has 0 unspecified atom stereocenters. The molecule has 1 aromatic heterocycles. The first-order valence-corrected chi connectivity index (χ1v) is 7.02. The number of aliphatic hydroxyl groups is 1. The van der Waals surface area contributed by atoms with Gasteiger partial charge in [0.25, 0.3) is 0 Å². The van der Waals surface area contributed by atoms with Crippen molar-refractivity contribution in [1.82, 2.24) is 4.98 Å². The summed E-state index contributed by atoms with van der Waals surface area (Å²) in [5.41, 5.74) is 2.24. The lowest BCUT2D eigenvalue weighted by atomic mass is 10.1. The van der Waals surface area contributed by atoms with Gasteiger partial charge in [0, 0.05) is 5.39 Å². The molecule has 4 heteroatoms. The first-order valence-electron chi connectivity index (χ1n) is 6.64. The summed E-state index contributed by atoms with van der Waals surface area (Å²) in [5, 5.41) is 10.6. The molecule has 0 aliphatic heterocycles. The predicted octanol–water partition coefficient (Wildman–Crippen LogP) is 3.96. The molecular formula is C17H14ClNO2. The second kappa shape index (κ2) is 6.12. The molecule has 0 aliphatic carbocycles. The lowest BCUT2D eigenvalue weighted by molar-refractivity contribution is 0.274. The van der Waals surface area contributed by atoms with Crippen LogP contribution in [0.2, 0.25) is 5.02 Å². The van der Waals surface area contributed by atoms with E-state index in [1.165, 1.54) is 0 Å². The average molecular weight is 300 g/mol. The minimum absolute atomic E-state index is 0.217. The number of pyridine rings is 1. The number of benzene rings is 2. The Hall–Kier alpha value is -2.10. The van der Waals surface area contributed by atoms with Crippen molar-refractivity contribution >= 4 is 22.5 Å². The number of hydrogen-bond acceptors (Lipinski definition) is 3. The van der Waals surface area contributed by atoms with Crippen molar-refractivity contribution in [2.75, 3.05) is 0 Å². The van der Waals surface area contributed by atoms with Crippen LogP contribution in [0.4, 0.5) is 0 Å². The van der Waals surface area contributed by atoms with E-state index < -0.39 is 0 Å². The molecule has 0 amide bonds. The highest BCUT2D eigenvalue weighted by molar-refractivity contribution is 6.33. The van der Waals surface area contributed by atoms with E-state index >= 15 is 0 Å². The minimum Gasteiger partial charge on any atom is -0.487 e. The molecule has 0 spiro atoms. The number of para-hydroxylation sites is 1. The Balaban J connectivity index is 2.01. The van der Waals surface area contributed by atoms with Gasteiger partial charge in [-0.3, -0.25) is 0 Å². The normalized spacial score (nSPS) is 10.8. The molecule has 21 heavy (non-hydrogen) atoms. The third kappa shape index (κ3) is 2.84. The number of aliphatic hydroxyl groups excluding tert-OH is 1. The average Bonchev–Trinajstić information content (AvgIpc) is 2.54. The highest BCUT2D eigenvalue weighted by atomic mass is 35.5. The van der Waals surface area contributed by atoms with Gasteiger partial charge in [-0.25, -0.2) is 4.98 Å². The minimum atomic E-state index is -0.217. The molecule has 1 N–H and O–H groups in total. The fourth-order valence-electron chi connectivity index (χ4n) is 2.18. The molecule has 2 aromatic carbocycles. The first-order chi connectivity index (χ1) is 10.3. The van der Waals surface area contributed by atoms with Crippen LogP contribution in [-0.4, -0.2) is 10.1 Å². The molecule has 1 heterocycles. The Morgan fingerprint density at radius 1 is 1.00 bits per heavy atom. The van der Waals surface area contributed by atoms with E-state index in [4.69, 9.17) is 16.3 Å². The van der Waals surface area contributed by atoms with E-state index in [1.54, 1.807) is 0 Å². The summed E-state index contributed by atoms with van der Waals surface area (Å²) in [6.07, 6.45) is 0. The van der Waals surface area contributed by atoms with Crippen LogP contribution in [0.15, 0.2) is 54.6 Å². The molecule has 106 valence electrons. The van der Waals surface area contributed by atoms with Gasteiger partial charge in [-0.2, -0.15) is 0 Å². The van der Waals surface area contributed by atoms with Crippen LogP contribution in [0.25, 0.3) is 10.9 Å². The maximum Gasteiger partial charge on any atom is 0.149 e. The summed E-state index contributed by atoms with van der Waals surface area (Å²) >= 11 is 6.31. The van der Waals surface area contributed by atoms with Gasteiger partial charge in [0.15, 0.2) is 0 Å². The fourth-order valence-corrected chi connectivity index (χ4v) is 2.44. The van der Waals surface area contributed by atoms with E-state index in [1.807, 2.05) is 54.6 Å². The molecule has 0 saturated carbocycles. The van der Waals surface area contributed by atoms with Crippen LogP contribution < -0.4 is 4.74 Å². The fraction of sp³-hybridized carbons (Fsp3) is 0.118. The van der Waals surface area contributed by atoms with Crippen molar-refractivity contribution in [3.05, 3.63) is 70.9 Å². The largest absolute Gasteiger partial charge is 0.487 e. The SMILES string of the molecule is OCc1nc2ccccc2c(OCc2ccccc2)c1Cl. The molecule has 0 aliphatic rings. The zero-order chi connectivity index (χ0) is 14.7. The molecule has 0 atom stereocenters. The van der Waals surface area contributed by atoms with E-state index in [-0.39, 0.29) is 6.61 Å². The molecule has 0 fully saturated rings. The quantitative estimate of drug-likeness (QED) is 0.793. The number of rotatable bonds is 4. The topological polar surface area (TPSA) is 42.4 Å². The molecule has 0 saturated heterocycles. The number of nitrogens with zero attached hydrogens (tertiary/aromatic N) is 1. The van der Waals surface area contributed by atoms with Gasteiger partial charge in [0.2, 0.25) is 0 Å². The van der Waals surface area contributed by atoms with Gasteiger partial charge in [-0.05, 0) is 17.7 Å². The third-order valence-corrected chi connectivity index (χ3v) is 3.62. The van der Waals surface area contributed by atoms with Crippen LogP contribution >= 0.6 is 11.6 Å². The van der Waals surface area contributed by atoms with Gasteiger partial charge in [0.05, 0.1) is 17.8 Å². The maximum atomic E-state index is 9.39. The Kier molecular flexibility index (Phi) is 4.04. The van der Waals surface area contributed by atoms with Gasteiger partial charge in [-0.1, -0.05) is 54.1 Å². The van der Waals surface area contributed by atoms with Crippen molar-refractivity contribution in [2.45, 2.75) is 13.2 Å². The summed E-state index contributed by atoms with van der Waals surface area (Å²) in [6, 6.07) is 17.5. The van der Waals surface area contributed by atoms with Crippen molar-refractivity contribution in [2.24, 2.45) is 0 Å². The number of aromatic nitrogens is 1. The lowest BCUT2D eigenvalue weighted by Crippen LogP contribution is -2.00. The van der Waals surface area contributed by atoms with Crippen LogP contribution in [0.5, 0.6) is 5.75 Å². The van der Waals surface area contributed by atoms with Crippen LogP contribution in [0.1, 0.15) is 11.3 Å². The Labute approximate surface area is 127 Å². The molecule has 0 bridgehead atoms.